The number of hydrogen-bond acceptors (Lipinski definition) is 5. The Kier molecular flexibility index (Phi) is 4.75. The molecule has 0 fully saturated rings. The van der Waals surface area contributed by atoms with Crippen LogP contribution in [0, 0.1) is 15.9 Å². The second kappa shape index (κ2) is 6.73. The monoisotopic (exact) mass is 319 g/mol. The number of carbonyl (C=O) groups excluding carboxylic acids is 1. The van der Waals surface area contributed by atoms with Crippen LogP contribution < -0.4 is 15.8 Å². The quantitative estimate of drug-likeness (QED) is 0.499. The topological polar surface area (TPSA) is 107 Å². The number of ether oxygens (including phenoxy) is 1. The highest BCUT2D eigenvalue weighted by molar-refractivity contribution is 5.99. The van der Waals surface area contributed by atoms with E-state index in [-0.39, 0.29) is 23.5 Å². The van der Waals surface area contributed by atoms with Gasteiger partial charge in [-0.3, -0.25) is 14.9 Å². The maximum atomic E-state index is 13.3. The molecule has 23 heavy (non-hydrogen) atoms. The van der Waals surface area contributed by atoms with Crippen molar-refractivity contribution in [2.75, 3.05) is 12.8 Å². The van der Waals surface area contributed by atoms with Crippen molar-refractivity contribution in [3.05, 3.63) is 63.5 Å². The highest BCUT2D eigenvalue weighted by Crippen LogP contribution is 2.21. The SMILES string of the molecule is COc1ccc(F)cc1CNC(=O)c1cc([N+](=O)[O-])ccc1N. The minimum Gasteiger partial charge on any atom is -0.496 e. The van der Waals surface area contributed by atoms with E-state index in [9.17, 15) is 19.3 Å². The van der Waals surface area contributed by atoms with Crippen molar-refractivity contribution in [3.8, 4) is 5.75 Å². The van der Waals surface area contributed by atoms with Gasteiger partial charge in [0, 0.05) is 29.9 Å². The van der Waals surface area contributed by atoms with Crippen LogP contribution in [0.15, 0.2) is 36.4 Å². The van der Waals surface area contributed by atoms with Crippen molar-refractivity contribution < 1.29 is 18.8 Å². The third-order valence-electron chi connectivity index (χ3n) is 3.17. The lowest BCUT2D eigenvalue weighted by molar-refractivity contribution is -0.384. The van der Waals surface area contributed by atoms with E-state index >= 15 is 0 Å². The standard InChI is InChI=1S/C15H14FN3O4/c1-23-14-5-2-10(16)6-9(14)8-18-15(20)12-7-11(19(21)22)3-4-13(12)17/h2-7H,8,17H2,1H3,(H,18,20). The molecule has 0 saturated heterocycles. The highest BCUT2D eigenvalue weighted by Gasteiger charge is 2.16. The zero-order chi connectivity index (χ0) is 17.0. The van der Waals surface area contributed by atoms with Gasteiger partial charge < -0.3 is 15.8 Å². The maximum absolute atomic E-state index is 13.3. The van der Waals surface area contributed by atoms with E-state index in [2.05, 4.69) is 5.32 Å². The first-order valence-corrected chi connectivity index (χ1v) is 6.57. The number of nitrogen functional groups attached to an aromatic ring is 1. The molecule has 120 valence electrons. The van der Waals surface area contributed by atoms with Crippen LogP contribution in [-0.2, 0) is 6.54 Å². The minimum atomic E-state index is -0.619. The first kappa shape index (κ1) is 16.2. The second-order valence-electron chi connectivity index (χ2n) is 4.67. The Hall–Kier alpha value is -3.16. The first-order valence-electron chi connectivity index (χ1n) is 6.57. The molecule has 0 aliphatic rings. The van der Waals surface area contributed by atoms with E-state index < -0.39 is 16.6 Å². The van der Waals surface area contributed by atoms with Crippen molar-refractivity contribution in [1.82, 2.24) is 5.32 Å². The van der Waals surface area contributed by atoms with Crippen LogP contribution in [0.5, 0.6) is 5.75 Å². The molecule has 2 aromatic rings. The molecule has 2 aromatic carbocycles. The van der Waals surface area contributed by atoms with Crippen LogP contribution in [0.4, 0.5) is 15.8 Å². The molecule has 0 bridgehead atoms. The van der Waals surface area contributed by atoms with Gasteiger partial charge in [0.05, 0.1) is 17.6 Å². The van der Waals surface area contributed by atoms with Gasteiger partial charge in [-0.25, -0.2) is 4.39 Å². The Balaban J connectivity index is 2.19. The van der Waals surface area contributed by atoms with Crippen LogP contribution >= 0.6 is 0 Å². The van der Waals surface area contributed by atoms with Crippen molar-refractivity contribution in [3.63, 3.8) is 0 Å². The van der Waals surface area contributed by atoms with Gasteiger partial charge in [-0.1, -0.05) is 0 Å². The van der Waals surface area contributed by atoms with Crippen molar-refractivity contribution in [2.45, 2.75) is 6.54 Å². The lowest BCUT2D eigenvalue weighted by Crippen LogP contribution is -2.24. The third kappa shape index (κ3) is 3.73. The fraction of sp³-hybridized carbons (Fsp3) is 0.133. The van der Waals surface area contributed by atoms with E-state index in [0.717, 1.165) is 6.07 Å². The fourth-order valence-corrected chi connectivity index (χ4v) is 2.01. The van der Waals surface area contributed by atoms with Crippen molar-refractivity contribution in [1.29, 1.82) is 0 Å². The smallest absolute Gasteiger partial charge is 0.270 e. The molecular formula is C15H14FN3O4. The lowest BCUT2D eigenvalue weighted by atomic mass is 10.1. The minimum absolute atomic E-state index is 0.0120. The summed E-state index contributed by atoms with van der Waals surface area (Å²) in [5, 5.41) is 13.3. The summed E-state index contributed by atoms with van der Waals surface area (Å²) in [6.45, 7) is -0.0120. The molecule has 0 atom stereocenters. The van der Waals surface area contributed by atoms with Gasteiger partial charge in [0.25, 0.3) is 11.6 Å². The number of nitrogens with zero attached hydrogens (tertiary/aromatic N) is 1. The van der Waals surface area contributed by atoms with Crippen LogP contribution in [0.3, 0.4) is 0 Å². The predicted molar refractivity (Wildman–Crippen MR) is 81.6 cm³/mol. The van der Waals surface area contributed by atoms with E-state index in [1.54, 1.807) is 0 Å². The number of nitrogens with one attached hydrogen (secondary N) is 1. The van der Waals surface area contributed by atoms with Gasteiger partial charge in [0.1, 0.15) is 11.6 Å². The summed E-state index contributed by atoms with van der Waals surface area (Å²) in [7, 11) is 1.43. The highest BCUT2D eigenvalue weighted by atomic mass is 19.1. The number of nitro groups is 1. The number of nitrogens with two attached hydrogens (primary N) is 1. The van der Waals surface area contributed by atoms with E-state index in [1.807, 2.05) is 0 Å². The number of non-ortho nitro benzene ring substituents is 1. The van der Waals surface area contributed by atoms with Crippen LogP contribution in [0.1, 0.15) is 15.9 Å². The van der Waals surface area contributed by atoms with Gasteiger partial charge >= 0.3 is 0 Å². The summed E-state index contributed by atoms with van der Waals surface area (Å²) in [6.07, 6.45) is 0. The Labute approximate surface area is 131 Å². The largest absolute Gasteiger partial charge is 0.496 e. The predicted octanol–water partition coefficient (Wildman–Crippen LogP) is 2.25. The van der Waals surface area contributed by atoms with Crippen LogP contribution in [0.2, 0.25) is 0 Å². The Morgan fingerprint density at radius 2 is 2.09 bits per heavy atom. The number of nitro benzene ring substituents is 1. The zero-order valence-electron chi connectivity index (χ0n) is 12.2. The summed E-state index contributed by atoms with van der Waals surface area (Å²) < 4.78 is 18.4. The number of hydrogen-bond donors (Lipinski definition) is 2. The van der Waals surface area contributed by atoms with E-state index in [1.165, 1.54) is 37.4 Å². The van der Waals surface area contributed by atoms with Crippen LogP contribution in [0.25, 0.3) is 0 Å². The molecule has 0 heterocycles. The molecule has 0 saturated carbocycles. The molecule has 0 aliphatic heterocycles. The van der Waals surface area contributed by atoms with Crippen LogP contribution in [-0.4, -0.2) is 17.9 Å². The molecule has 0 aromatic heterocycles. The number of anilines is 1. The van der Waals surface area contributed by atoms with Crippen molar-refractivity contribution >= 4 is 17.3 Å². The third-order valence-corrected chi connectivity index (χ3v) is 3.17. The lowest BCUT2D eigenvalue weighted by Gasteiger charge is -2.11. The molecule has 3 N–H and O–H groups in total. The zero-order valence-corrected chi connectivity index (χ0v) is 12.2. The average Bonchev–Trinajstić information content (AvgIpc) is 2.53. The Morgan fingerprint density at radius 3 is 2.74 bits per heavy atom. The second-order valence-corrected chi connectivity index (χ2v) is 4.67. The molecule has 0 aliphatic carbocycles. The molecule has 2 rings (SSSR count). The molecular weight excluding hydrogens is 305 g/mol. The van der Waals surface area contributed by atoms with E-state index in [0.29, 0.717) is 11.3 Å². The molecule has 0 radical (unpaired) electrons. The summed E-state index contributed by atoms with van der Waals surface area (Å²) in [5.41, 5.74) is 5.96. The average molecular weight is 319 g/mol. The Morgan fingerprint density at radius 1 is 1.35 bits per heavy atom. The molecule has 7 nitrogen and oxygen atoms in total. The van der Waals surface area contributed by atoms with Gasteiger partial charge in [0.15, 0.2) is 0 Å². The molecule has 8 heteroatoms. The van der Waals surface area contributed by atoms with Gasteiger partial charge in [-0.2, -0.15) is 0 Å². The van der Waals surface area contributed by atoms with Gasteiger partial charge in [-0.15, -0.1) is 0 Å². The molecule has 0 unspecified atom stereocenters. The number of rotatable bonds is 5. The summed E-state index contributed by atoms with van der Waals surface area (Å²) >= 11 is 0. The number of amides is 1. The number of benzene rings is 2. The fourth-order valence-electron chi connectivity index (χ4n) is 2.01. The van der Waals surface area contributed by atoms with E-state index in [4.69, 9.17) is 10.5 Å². The van der Waals surface area contributed by atoms with Gasteiger partial charge in [-0.05, 0) is 24.3 Å². The summed E-state index contributed by atoms with van der Waals surface area (Å²) in [6, 6.07) is 7.50. The number of halogens is 1. The Bertz CT molecular complexity index is 764. The van der Waals surface area contributed by atoms with Crippen molar-refractivity contribution in [2.24, 2.45) is 0 Å². The normalized spacial score (nSPS) is 10.2. The van der Waals surface area contributed by atoms with Gasteiger partial charge in [0.2, 0.25) is 0 Å². The molecule has 0 spiro atoms. The summed E-state index contributed by atoms with van der Waals surface area (Å²) in [5.74, 6) is -0.652. The number of carbonyl (C=O) groups is 1. The molecule has 1 amide bonds. The maximum Gasteiger partial charge on any atom is 0.270 e. The summed E-state index contributed by atoms with van der Waals surface area (Å²) in [4.78, 5) is 22.3. The first-order chi connectivity index (χ1) is 10.9. The number of methoxy groups -OCH3 is 1.